The monoisotopic (exact) mass is 204 g/mol. The molecule has 1 saturated heterocycles. The van der Waals surface area contributed by atoms with Crippen LogP contribution in [0.5, 0.6) is 0 Å². The van der Waals surface area contributed by atoms with Crippen molar-refractivity contribution in [2.24, 2.45) is 0 Å². The Labute approximate surface area is 91.9 Å². The third-order valence-electron chi connectivity index (χ3n) is 3.33. The van der Waals surface area contributed by atoms with Crippen LogP contribution >= 0.6 is 0 Å². The molecule has 0 atom stereocenters. The molecule has 0 unspecified atom stereocenters. The lowest BCUT2D eigenvalue weighted by Gasteiger charge is -2.25. The standard InChI is InChI=1S/C13H20N2/c1-2-10-9-12(14)3-4-13(10)11-5-7-15-8-6-11/h3-4,9,11,15H,2,5-8,14H2,1H3. The molecule has 0 saturated carbocycles. The average Bonchev–Trinajstić information content (AvgIpc) is 2.30. The molecule has 0 spiro atoms. The van der Waals surface area contributed by atoms with E-state index >= 15 is 0 Å². The van der Waals surface area contributed by atoms with Gasteiger partial charge in [-0.3, -0.25) is 0 Å². The molecule has 2 heteroatoms. The van der Waals surface area contributed by atoms with Crippen molar-refractivity contribution in [3.8, 4) is 0 Å². The fourth-order valence-corrected chi connectivity index (χ4v) is 2.46. The van der Waals surface area contributed by atoms with E-state index in [1.165, 1.54) is 24.0 Å². The van der Waals surface area contributed by atoms with Crippen molar-refractivity contribution in [1.29, 1.82) is 0 Å². The normalized spacial score (nSPS) is 17.9. The van der Waals surface area contributed by atoms with E-state index in [0.29, 0.717) is 0 Å². The van der Waals surface area contributed by atoms with Gasteiger partial charge in [0.2, 0.25) is 0 Å². The van der Waals surface area contributed by atoms with E-state index in [2.05, 4.69) is 24.4 Å². The van der Waals surface area contributed by atoms with Crippen LogP contribution < -0.4 is 11.1 Å². The molecule has 1 aromatic carbocycles. The molecule has 0 radical (unpaired) electrons. The molecule has 0 aliphatic carbocycles. The molecular weight excluding hydrogens is 184 g/mol. The van der Waals surface area contributed by atoms with Crippen molar-refractivity contribution in [2.75, 3.05) is 18.8 Å². The Morgan fingerprint density at radius 3 is 2.73 bits per heavy atom. The zero-order valence-corrected chi connectivity index (χ0v) is 9.42. The Kier molecular flexibility index (Phi) is 3.27. The third kappa shape index (κ3) is 2.32. The topological polar surface area (TPSA) is 38.0 Å². The first kappa shape index (κ1) is 10.5. The Hall–Kier alpha value is -1.02. The Balaban J connectivity index is 2.25. The largest absolute Gasteiger partial charge is 0.399 e. The highest BCUT2D eigenvalue weighted by Gasteiger charge is 2.17. The lowest BCUT2D eigenvalue weighted by molar-refractivity contribution is 0.458. The van der Waals surface area contributed by atoms with Gasteiger partial charge < -0.3 is 11.1 Å². The van der Waals surface area contributed by atoms with Gasteiger partial charge in [-0.25, -0.2) is 0 Å². The van der Waals surface area contributed by atoms with Crippen LogP contribution in [-0.4, -0.2) is 13.1 Å². The maximum Gasteiger partial charge on any atom is 0.0316 e. The van der Waals surface area contributed by atoms with Crippen LogP contribution in [0.4, 0.5) is 5.69 Å². The van der Waals surface area contributed by atoms with E-state index in [9.17, 15) is 0 Å². The summed E-state index contributed by atoms with van der Waals surface area (Å²) < 4.78 is 0. The first-order chi connectivity index (χ1) is 7.31. The summed E-state index contributed by atoms with van der Waals surface area (Å²) in [6.45, 7) is 4.51. The highest BCUT2D eigenvalue weighted by molar-refractivity contribution is 5.46. The van der Waals surface area contributed by atoms with Crippen LogP contribution in [0, 0.1) is 0 Å². The first-order valence-electron chi connectivity index (χ1n) is 5.90. The molecule has 1 fully saturated rings. The molecular formula is C13H20N2. The van der Waals surface area contributed by atoms with Gasteiger partial charge in [-0.1, -0.05) is 13.0 Å². The molecule has 0 amide bonds. The Morgan fingerprint density at radius 1 is 1.33 bits per heavy atom. The number of rotatable bonds is 2. The number of nitrogen functional groups attached to an aromatic ring is 1. The van der Waals surface area contributed by atoms with Crippen LogP contribution in [0.2, 0.25) is 0 Å². The summed E-state index contributed by atoms with van der Waals surface area (Å²) >= 11 is 0. The predicted octanol–water partition coefficient (Wildman–Crippen LogP) is 2.30. The van der Waals surface area contributed by atoms with Crippen molar-refractivity contribution >= 4 is 5.69 Å². The highest BCUT2D eigenvalue weighted by Crippen LogP contribution is 2.29. The van der Waals surface area contributed by atoms with E-state index in [-0.39, 0.29) is 0 Å². The quantitative estimate of drug-likeness (QED) is 0.725. The van der Waals surface area contributed by atoms with Gasteiger partial charge in [0.15, 0.2) is 0 Å². The first-order valence-corrected chi connectivity index (χ1v) is 5.90. The van der Waals surface area contributed by atoms with Crippen LogP contribution in [0.3, 0.4) is 0 Å². The summed E-state index contributed by atoms with van der Waals surface area (Å²) in [7, 11) is 0. The zero-order chi connectivity index (χ0) is 10.7. The van der Waals surface area contributed by atoms with E-state index in [1.54, 1.807) is 0 Å². The second-order valence-electron chi connectivity index (χ2n) is 4.34. The van der Waals surface area contributed by atoms with Gasteiger partial charge in [0.05, 0.1) is 0 Å². The summed E-state index contributed by atoms with van der Waals surface area (Å²) in [5.74, 6) is 0.738. The maximum atomic E-state index is 5.82. The third-order valence-corrected chi connectivity index (χ3v) is 3.33. The smallest absolute Gasteiger partial charge is 0.0316 e. The number of piperidine rings is 1. The summed E-state index contributed by atoms with van der Waals surface area (Å²) in [6.07, 6.45) is 3.61. The summed E-state index contributed by atoms with van der Waals surface area (Å²) in [6, 6.07) is 6.40. The molecule has 1 aromatic rings. The lowest BCUT2D eigenvalue weighted by atomic mass is 9.86. The van der Waals surface area contributed by atoms with Crippen molar-refractivity contribution in [1.82, 2.24) is 5.32 Å². The van der Waals surface area contributed by atoms with Crippen LogP contribution in [-0.2, 0) is 6.42 Å². The van der Waals surface area contributed by atoms with Gasteiger partial charge in [-0.15, -0.1) is 0 Å². The number of benzene rings is 1. The molecule has 15 heavy (non-hydrogen) atoms. The molecule has 0 bridgehead atoms. The van der Waals surface area contributed by atoms with Crippen LogP contribution in [0.25, 0.3) is 0 Å². The number of hydrogen-bond acceptors (Lipinski definition) is 2. The zero-order valence-electron chi connectivity index (χ0n) is 9.42. The van der Waals surface area contributed by atoms with Crippen molar-refractivity contribution in [3.05, 3.63) is 29.3 Å². The minimum atomic E-state index is 0.738. The lowest BCUT2D eigenvalue weighted by Crippen LogP contribution is -2.27. The summed E-state index contributed by atoms with van der Waals surface area (Å²) in [5, 5.41) is 3.41. The van der Waals surface area contributed by atoms with Gasteiger partial charge in [0.1, 0.15) is 0 Å². The SMILES string of the molecule is CCc1cc(N)ccc1C1CCNCC1. The molecule has 1 heterocycles. The van der Waals surface area contributed by atoms with Crippen molar-refractivity contribution in [3.63, 3.8) is 0 Å². The molecule has 2 nitrogen and oxygen atoms in total. The van der Waals surface area contributed by atoms with Crippen molar-refractivity contribution < 1.29 is 0 Å². The highest BCUT2D eigenvalue weighted by atomic mass is 14.9. The Morgan fingerprint density at radius 2 is 2.07 bits per heavy atom. The molecule has 82 valence electrons. The maximum absolute atomic E-state index is 5.82. The van der Waals surface area contributed by atoms with Crippen LogP contribution in [0.1, 0.15) is 36.8 Å². The van der Waals surface area contributed by atoms with Gasteiger partial charge in [0, 0.05) is 5.69 Å². The average molecular weight is 204 g/mol. The number of hydrogen-bond donors (Lipinski definition) is 2. The van der Waals surface area contributed by atoms with E-state index in [0.717, 1.165) is 31.1 Å². The summed E-state index contributed by atoms with van der Waals surface area (Å²) in [5.41, 5.74) is 9.67. The second kappa shape index (κ2) is 4.67. The summed E-state index contributed by atoms with van der Waals surface area (Å²) in [4.78, 5) is 0. The minimum absolute atomic E-state index is 0.738. The molecule has 2 rings (SSSR count). The van der Waals surface area contributed by atoms with Crippen LogP contribution in [0.15, 0.2) is 18.2 Å². The molecule has 3 N–H and O–H groups in total. The number of nitrogens with one attached hydrogen (secondary N) is 1. The molecule has 1 aliphatic heterocycles. The molecule has 1 aliphatic rings. The van der Waals surface area contributed by atoms with Gasteiger partial charge in [0.25, 0.3) is 0 Å². The fourth-order valence-electron chi connectivity index (χ4n) is 2.46. The fraction of sp³-hybridized carbons (Fsp3) is 0.538. The molecule has 0 aromatic heterocycles. The Bertz CT molecular complexity index is 327. The van der Waals surface area contributed by atoms with Gasteiger partial charge in [-0.05, 0) is 61.5 Å². The van der Waals surface area contributed by atoms with E-state index in [1.807, 2.05) is 6.07 Å². The van der Waals surface area contributed by atoms with E-state index < -0.39 is 0 Å². The number of anilines is 1. The van der Waals surface area contributed by atoms with Crippen molar-refractivity contribution in [2.45, 2.75) is 32.1 Å². The minimum Gasteiger partial charge on any atom is -0.399 e. The predicted molar refractivity (Wildman–Crippen MR) is 65.1 cm³/mol. The van der Waals surface area contributed by atoms with Gasteiger partial charge >= 0.3 is 0 Å². The van der Waals surface area contributed by atoms with E-state index in [4.69, 9.17) is 5.73 Å². The number of nitrogens with two attached hydrogens (primary N) is 1. The van der Waals surface area contributed by atoms with Gasteiger partial charge in [-0.2, -0.15) is 0 Å². The number of aryl methyl sites for hydroxylation is 1. The second-order valence-corrected chi connectivity index (χ2v) is 4.34.